The van der Waals surface area contributed by atoms with E-state index in [9.17, 15) is 4.79 Å². The highest BCUT2D eigenvalue weighted by molar-refractivity contribution is 5.98. The molecular formula is C21H19N3O2. The summed E-state index contributed by atoms with van der Waals surface area (Å²) in [4.78, 5) is 17.9. The fourth-order valence-corrected chi connectivity index (χ4v) is 3.00. The van der Waals surface area contributed by atoms with Crippen molar-refractivity contribution in [3.8, 4) is 16.9 Å². The first-order valence-corrected chi connectivity index (χ1v) is 8.44. The van der Waals surface area contributed by atoms with E-state index in [4.69, 9.17) is 4.74 Å². The zero-order chi connectivity index (χ0) is 18.1. The summed E-state index contributed by atoms with van der Waals surface area (Å²) < 4.78 is 5.50. The molecule has 4 rings (SSSR count). The summed E-state index contributed by atoms with van der Waals surface area (Å²) in [5.41, 5.74) is 4.99. The number of ether oxygens (including phenoxy) is 1. The smallest absolute Gasteiger partial charge is 0.264 e. The number of pyridine rings is 1. The lowest BCUT2D eigenvalue weighted by molar-refractivity contribution is -0.120. The molecule has 0 saturated heterocycles. The number of nitrogens with one attached hydrogen (secondary N) is 1. The average molecular weight is 345 g/mol. The minimum absolute atomic E-state index is 0.0498. The molecule has 3 aromatic rings. The molecule has 0 aliphatic carbocycles. The number of amides is 1. The van der Waals surface area contributed by atoms with Crippen LogP contribution >= 0.6 is 0 Å². The van der Waals surface area contributed by atoms with Gasteiger partial charge in [-0.05, 0) is 60.0 Å². The highest BCUT2D eigenvalue weighted by Crippen LogP contribution is 2.35. The number of carbonyl (C=O) groups excluding carboxylic acids is 1. The molecule has 2 heterocycles. The Balaban J connectivity index is 1.66. The molecule has 1 amide bonds. The van der Waals surface area contributed by atoms with Crippen molar-refractivity contribution >= 4 is 23.1 Å². The predicted molar refractivity (Wildman–Crippen MR) is 103 cm³/mol. The van der Waals surface area contributed by atoms with Gasteiger partial charge >= 0.3 is 0 Å². The summed E-state index contributed by atoms with van der Waals surface area (Å²) in [5.74, 6) is 1.45. The van der Waals surface area contributed by atoms with Gasteiger partial charge in [-0.1, -0.05) is 18.2 Å². The molecule has 130 valence electrons. The molecule has 1 aliphatic rings. The SMILES string of the molecule is Cc1cccc(Nc2cc(-c3ccc4c(c3)N(C)C(=O)CO4)ccn2)c1. The van der Waals surface area contributed by atoms with Crippen molar-refractivity contribution in [2.45, 2.75) is 6.92 Å². The summed E-state index contributed by atoms with van der Waals surface area (Å²) in [7, 11) is 1.77. The number of anilines is 3. The number of carbonyl (C=O) groups is 1. The van der Waals surface area contributed by atoms with Gasteiger partial charge in [0, 0.05) is 18.9 Å². The summed E-state index contributed by atoms with van der Waals surface area (Å²) in [6, 6.07) is 18.0. The lowest BCUT2D eigenvalue weighted by Crippen LogP contribution is -2.35. The Morgan fingerprint density at radius 2 is 1.92 bits per heavy atom. The normalized spacial score (nSPS) is 13.2. The first-order valence-electron chi connectivity index (χ1n) is 8.44. The maximum absolute atomic E-state index is 11.9. The first kappa shape index (κ1) is 16.1. The predicted octanol–water partition coefficient (Wildman–Crippen LogP) is 4.16. The van der Waals surface area contributed by atoms with Crippen LogP contribution in [-0.2, 0) is 4.79 Å². The van der Waals surface area contributed by atoms with Crippen molar-refractivity contribution in [3.63, 3.8) is 0 Å². The van der Waals surface area contributed by atoms with Crippen LogP contribution < -0.4 is 15.0 Å². The number of rotatable bonds is 3. The van der Waals surface area contributed by atoms with Gasteiger partial charge in [0.05, 0.1) is 5.69 Å². The Morgan fingerprint density at radius 1 is 1.08 bits per heavy atom. The highest BCUT2D eigenvalue weighted by atomic mass is 16.5. The van der Waals surface area contributed by atoms with E-state index in [1.807, 2.05) is 42.5 Å². The molecule has 26 heavy (non-hydrogen) atoms. The number of benzene rings is 2. The topological polar surface area (TPSA) is 54.5 Å². The molecule has 1 aromatic heterocycles. The fraction of sp³-hybridized carbons (Fsp3) is 0.143. The van der Waals surface area contributed by atoms with E-state index in [1.54, 1.807) is 18.1 Å². The third-order valence-corrected chi connectivity index (χ3v) is 4.43. The number of fused-ring (bicyclic) bond motifs is 1. The van der Waals surface area contributed by atoms with Crippen LogP contribution in [0, 0.1) is 6.92 Å². The minimum atomic E-state index is -0.0498. The zero-order valence-corrected chi connectivity index (χ0v) is 14.7. The van der Waals surface area contributed by atoms with Crippen LogP contribution in [0.25, 0.3) is 11.1 Å². The van der Waals surface area contributed by atoms with Crippen molar-refractivity contribution in [2.75, 3.05) is 23.9 Å². The third-order valence-electron chi connectivity index (χ3n) is 4.43. The van der Waals surface area contributed by atoms with Gasteiger partial charge in [-0.25, -0.2) is 4.98 Å². The van der Waals surface area contributed by atoms with Gasteiger partial charge in [0.15, 0.2) is 6.61 Å². The summed E-state index contributed by atoms with van der Waals surface area (Å²) in [6.45, 7) is 2.14. The number of likely N-dealkylation sites (N-methyl/N-ethyl adjacent to an activating group) is 1. The monoisotopic (exact) mass is 345 g/mol. The molecule has 0 unspecified atom stereocenters. The van der Waals surface area contributed by atoms with Crippen LogP contribution in [0.15, 0.2) is 60.8 Å². The molecule has 0 spiro atoms. The molecule has 0 bridgehead atoms. The Labute approximate surface area is 152 Å². The lowest BCUT2D eigenvalue weighted by Gasteiger charge is -2.26. The first-order chi connectivity index (χ1) is 12.6. The Hall–Kier alpha value is -3.34. The third kappa shape index (κ3) is 3.11. The average Bonchev–Trinajstić information content (AvgIpc) is 2.65. The summed E-state index contributed by atoms with van der Waals surface area (Å²) in [5, 5.41) is 3.33. The number of hydrogen-bond acceptors (Lipinski definition) is 4. The van der Waals surface area contributed by atoms with Crippen LogP contribution in [-0.4, -0.2) is 24.5 Å². The summed E-state index contributed by atoms with van der Waals surface area (Å²) >= 11 is 0. The largest absolute Gasteiger partial charge is 0.482 e. The van der Waals surface area contributed by atoms with E-state index < -0.39 is 0 Å². The molecule has 5 nitrogen and oxygen atoms in total. The lowest BCUT2D eigenvalue weighted by atomic mass is 10.0. The molecule has 0 fully saturated rings. The van der Waals surface area contributed by atoms with Crippen molar-refractivity contribution in [1.82, 2.24) is 4.98 Å². The van der Waals surface area contributed by atoms with Gasteiger partial charge in [0.25, 0.3) is 5.91 Å². The number of nitrogens with zero attached hydrogens (tertiary/aromatic N) is 2. The van der Waals surface area contributed by atoms with Gasteiger partial charge < -0.3 is 15.0 Å². The van der Waals surface area contributed by atoms with Gasteiger partial charge in [-0.15, -0.1) is 0 Å². The van der Waals surface area contributed by atoms with Gasteiger partial charge in [-0.2, -0.15) is 0 Å². The summed E-state index contributed by atoms with van der Waals surface area (Å²) in [6.07, 6.45) is 1.78. The highest BCUT2D eigenvalue weighted by Gasteiger charge is 2.22. The molecule has 0 radical (unpaired) electrons. The van der Waals surface area contributed by atoms with Crippen molar-refractivity contribution < 1.29 is 9.53 Å². The van der Waals surface area contributed by atoms with E-state index in [0.29, 0.717) is 0 Å². The van der Waals surface area contributed by atoms with Gasteiger partial charge in [0.2, 0.25) is 0 Å². The van der Waals surface area contributed by atoms with Gasteiger partial charge in [-0.3, -0.25) is 4.79 Å². The second-order valence-corrected chi connectivity index (χ2v) is 6.35. The second-order valence-electron chi connectivity index (χ2n) is 6.35. The Morgan fingerprint density at radius 3 is 2.77 bits per heavy atom. The van der Waals surface area contributed by atoms with Crippen LogP contribution in [0.4, 0.5) is 17.2 Å². The number of aryl methyl sites for hydroxylation is 1. The van der Waals surface area contributed by atoms with Crippen LogP contribution in [0.1, 0.15) is 5.56 Å². The van der Waals surface area contributed by atoms with E-state index in [-0.39, 0.29) is 12.5 Å². The number of hydrogen-bond donors (Lipinski definition) is 1. The van der Waals surface area contributed by atoms with Crippen LogP contribution in [0.2, 0.25) is 0 Å². The Kier molecular flexibility index (Phi) is 4.05. The molecule has 1 aliphatic heterocycles. The minimum Gasteiger partial charge on any atom is -0.482 e. The maximum Gasteiger partial charge on any atom is 0.264 e. The van der Waals surface area contributed by atoms with Crippen LogP contribution in [0.3, 0.4) is 0 Å². The quantitative estimate of drug-likeness (QED) is 0.774. The Bertz CT molecular complexity index is 984. The molecular weight excluding hydrogens is 326 g/mol. The van der Waals surface area contributed by atoms with Gasteiger partial charge in [0.1, 0.15) is 11.6 Å². The van der Waals surface area contributed by atoms with Crippen molar-refractivity contribution in [1.29, 1.82) is 0 Å². The second kappa shape index (κ2) is 6.52. The van der Waals surface area contributed by atoms with E-state index in [0.717, 1.165) is 34.1 Å². The molecule has 0 atom stereocenters. The van der Waals surface area contributed by atoms with E-state index >= 15 is 0 Å². The number of aromatic nitrogens is 1. The molecule has 5 heteroatoms. The standard InChI is InChI=1S/C21H19N3O2/c1-14-4-3-5-17(10-14)23-20-12-16(8-9-22-20)15-6-7-19-18(11-15)24(2)21(25)13-26-19/h3-12H,13H2,1-2H3,(H,22,23). The molecule has 2 aromatic carbocycles. The zero-order valence-electron chi connectivity index (χ0n) is 14.7. The molecule has 0 saturated carbocycles. The van der Waals surface area contributed by atoms with Crippen LogP contribution in [0.5, 0.6) is 5.75 Å². The van der Waals surface area contributed by atoms with Crippen molar-refractivity contribution in [3.05, 3.63) is 66.4 Å². The van der Waals surface area contributed by atoms with E-state index in [2.05, 4.69) is 29.4 Å². The van der Waals surface area contributed by atoms with E-state index in [1.165, 1.54) is 5.56 Å². The molecule has 1 N–H and O–H groups in total. The maximum atomic E-state index is 11.9. The van der Waals surface area contributed by atoms with Crippen molar-refractivity contribution in [2.24, 2.45) is 0 Å². The fourth-order valence-electron chi connectivity index (χ4n) is 3.00.